The van der Waals surface area contributed by atoms with E-state index in [9.17, 15) is 13.2 Å². The Bertz CT molecular complexity index is 854. The third kappa shape index (κ3) is 5.27. The maximum atomic E-state index is 12.5. The molecular weight excluding hydrogens is 354 g/mol. The Morgan fingerprint density at radius 3 is 2.58 bits per heavy atom. The summed E-state index contributed by atoms with van der Waals surface area (Å²) in [4.78, 5) is 17.7. The molecule has 0 aliphatic carbocycles. The second-order valence-corrected chi connectivity index (χ2v) is 7.63. The number of aromatic nitrogens is 1. The molecule has 0 saturated carbocycles. The summed E-state index contributed by atoms with van der Waals surface area (Å²) < 4.78 is 32.5. The fourth-order valence-corrected chi connectivity index (χ4v) is 3.56. The number of likely N-dealkylation sites (N-methyl/N-ethyl adjacent to an activating group) is 1. The molecule has 0 aliphatic heterocycles. The predicted octanol–water partition coefficient (Wildman–Crippen LogP) is 1.38. The van der Waals surface area contributed by atoms with Crippen molar-refractivity contribution in [2.45, 2.75) is 18.2 Å². The first-order valence-corrected chi connectivity index (χ1v) is 9.59. The summed E-state index contributed by atoms with van der Waals surface area (Å²) in [5.74, 6) is -0.0733. The maximum absolute atomic E-state index is 12.5. The molecule has 0 atom stereocenters. The number of rotatable bonds is 8. The van der Waals surface area contributed by atoms with Crippen LogP contribution in [0.15, 0.2) is 47.6 Å². The van der Waals surface area contributed by atoms with Gasteiger partial charge in [0.2, 0.25) is 15.9 Å². The number of nitrogens with zero attached hydrogens (tertiary/aromatic N) is 2. The van der Waals surface area contributed by atoms with Gasteiger partial charge in [-0.05, 0) is 48.7 Å². The first kappa shape index (κ1) is 19.9. The zero-order valence-corrected chi connectivity index (χ0v) is 15.9. The van der Waals surface area contributed by atoms with Crippen LogP contribution in [-0.2, 0) is 21.2 Å². The second-order valence-electron chi connectivity index (χ2n) is 5.90. The van der Waals surface area contributed by atoms with E-state index in [0.29, 0.717) is 13.0 Å². The Morgan fingerprint density at radius 2 is 1.92 bits per heavy atom. The minimum atomic E-state index is -3.85. The van der Waals surface area contributed by atoms with E-state index in [2.05, 4.69) is 9.71 Å². The number of hydrogen-bond acceptors (Lipinski definition) is 5. The maximum Gasteiger partial charge on any atom is 0.244 e. The molecule has 26 heavy (non-hydrogen) atoms. The number of ether oxygens (including phenoxy) is 1. The summed E-state index contributed by atoms with van der Waals surface area (Å²) in [5.41, 5.74) is 1.84. The molecule has 0 fully saturated rings. The van der Waals surface area contributed by atoms with Crippen LogP contribution in [0.2, 0.25) is 0 Å². The summed E-state index contributed by atoms with van der Waals surface area (Å²) in [5, 5.41) is 0. The summed E-state index contributed by atoms with van der Waals surface area (Å²) in [6.45, 7) is 1.96. The van der Waals surface area contributed by atoms with Crippen LogP contribution in [0.25, 0.3) is 0 Å². The van der Waals surface area contributed by atoms with Gasteiger partial charge >= 0.3 is 0 Å². The van der Waals surface area contributed by atoms with E-state index in [4.69, 9.17) is 4.74 Å². The number of methoxy groups -OCH3 is 1. The van der Waals surface area contributed by atoms with E-state index in [-0.39, 0.29) is 23.1 Å². The molecule has 0 saturated heterocycles. The van der Waals surface area contributed by atoms with Gasteiger partial charge in [0, 0.05) is 26.0 Å². The zero-order chi connectivity index (χ0) is 19.2. The largest absolute Gasteiger partial charge is 0.495 e. The SMILES string of the molecule is COc1ccc(C)cc1S(=O)(=O)NCC(=O)N(C)CCc1ccncc1. The third-order valence-corrected chi connectivity index (χ3v) is 5.36. The van der Waals surface area contributed by atoms with E-state index in [1.54, 1.807) is 38.5 Å². The van der Waals surface area contributed by atoms with Gasteiger partial charge < -0.3 is 9.64 Å². The Labute approximate surface area is 154 Å². The Morgan fingerprint density at radius 1 is 1.23 bits per heavy atom. The van der Waals surface area contributed by atoms with E-state index >= 15 is 0 Å². The molecule has 7 nitrogen and oxygen atoms in total. The van der Waals surface area contributed by atoms with Crippen LogP contribution in [0.1, 0.15) is 11.1 Å². The van der Waals surface area contributed by atoms with Gasteiger partial charge in [0.15, 0.2) is 0 Å². The summed E-state index contributed by atoms with van der Waals surface area (Å²) in [7, 11) is -0.804. The average Bonchev–Trinajstić information content (AvgIpc) is 2.65. The smallest absolute Gasteiger partial charge is 0.244 e. The van der Waals surface area contributed by atoms with Gasteiger partial charge in [0.1, 0.15) is 10.6 Å². The van der Waals surface area contributed by atoms with Gasteiger partial charge in [-0.2, -0.15) is 0 Å². The van der Waals surface area contributed by atoms with Crippen molar-refractivity contribution in [2.75, 3.05) is 27.2 Å². The third-order valence-electron chi connectivity index (χ3n) is 3.93. The van der Waals surface area contributed by atoms with Crippen LogP contribution in [0.3, 0.4) is 0 Å². The van der Waals surface area contributed by atoms with Gasteiger partial charge in [-0.15, -0.1) is 0 Å². The van der Waals surface area contributed by atoms with Gasteiger partial charge in [-0.3, -0.25) is 9.78 Å². The van der Waals surface area contributed by atoms with Crippen molar-refractivity contribution >= 4 is 15.9 Å². The highest BCUT2D eigenvalue weighted by Gasteiger charge is 2.21. The lowest BCUT2D eigenvalue weighted by Gasteiger charge is -2.18. The lowest BCUT2D eigenvalue weighted by molar-refractivity contribution is -0.128. The monoisotopic (exact) mass is 377 g/mol. The molecule has 1 heterocycles. The minimum absolute atomic E-state index is 0.0206. The number of aryl methyl sites for hydroxylation is 1. The number of benzene rings is 1. The van der Waals surface area contributed by atoms with Gasteiger partial charge in [0.25, 0.3) is 0 Å². The molecule has 2 aromatic rings. The van der Waals surface area contributed by atoms with E-state index < -0.39 is 10.0 Å². The van der Waals surface area contributed by atoms with Gasteiger partial charge in [-0.25, -0.2) is 13.1 Å². The fourth-order valence-electron chi connectivity index (χ4n) is 2.33. The summed E-state index contributed by atoms with van der Waals surface area (Å²) in [6.07, 6.45) is 4.06. The molecule has 2 rings (SSSR count). The first-order valence-electron chi connectivity index (χ1n) is 8.10. The van der Waals surface area contributed by atoms with Crippen LogP contribution in [0.5, 0.6) is 5.75 Å². The fraction of sp³-hybridized carbons (Fsp3) is 0.333. The number of pyridine rings is 1. The van der Waals surface area contributed by atoms with Crippen molar-refractivity contribution in [1.29, 1.82) is 0 Å². The number of hydrogen-bond donors (Lipinski definition) is 1. The molecule has 1 amide bonds. The summed E-state index contributed by atoms with van der Waals surface area (Å²) >= 11 is 0. The summed E-state index contributed by atoms with van der Waals surface area (Å²) in [6, 6.07) is 8.62. The highest BCUT2D eigenvalue weighted by atomic mass is 32.2. The molecule has 1 aromatic heterocycles. The van der Waals surface area contributed by atoms with E-state index in [1.165, 1.54) is 18.1 Å². The number of sulfonamides is 1. The minimum Gasteiger partial charge on any atom is -0.495 e. The van der Waals surface area contributed by atoms with Crippen molar-refractivity contribution in [3.05, 3.63) is 53.9 Å². The van der Waals surface area contributed by atoms with Crippen LogP contribution >= 0.6 is 0 Å². The zero-order valence-electron chi connectivity index (χ0n) is 15.1. The van der Waals surface area contributed by atoms with Crippen molar-refractivity contribution in [3.63, 3.8) is 0 Å². The predicted molar refractivity (Wildman–Crippen MR) is 98.5 cm³/mol. The molecule has 0 unspecified atom stereocenters. The van der Waals surface area contributed by atoms with Crippen molar-refractivity contribution < 1.29 is 17.9 Å². The van der Waals surface area contributed by atoms with E-state index in [0.717, 1.165) is 11.1 Å². The highest BCUT2D eigenvalue weighted by Crippen LogP contribution is 2.24. The van der Waals surface area contributed by atoms with E-state index in [1.807, 2.05) is 12.1 Å². The van der Waals surface area contributed by atoms with Gasteiger partial charge in [0.05, 0.1) is 13.7 Å². The molecule has 1 N–H and O–H groups in total. The number of carbonyl (C=O) groups is 1. The molecule has 0 aliphatic rings. The Balaban J connectivity index is 1.96. The number of amides is 1. The molecule has 0 bridgehead atoms. The lowest BCUT2D eigenvalue weighted by Crippen LogP contribution is -2.39. The van der Waals surface area contributed by atoms with Gasteiger partial charge in [-0.1, -0.05) is 6.07 Å². The van der Waals surface area contributed by atoms with Crippen molar-refractivity contribution in [1.82, 2.24) is 14.6 Å². The van der Waals surface area contributed by atoms with Crippen LogP contribution in [-0.4, -0.2) is 51.5 Å². The molecule has 8 heteroatoms. The standard InChI is InChI=1S/C18H23N3O4S/c1-14-4-5-16(25-3)17(12-14)26(23,24)20-13-18(22)21(2)11-8-15-6-9-19-10-7-15/h4-7,9-10,12,20H,8,11,13H2,1-3H3. The molecular formula is C18H23N3O4S. The molecule has 1 aromatic carbocycles. The van der Waals surface area contributed by atoms with Crippen molar-refractivity contribution in [3.8, 4) is 5.75 Å². The second kappa shape index (κ2) is 8.77. The van der Waals surface area contributed by atoms with Crippen LogP contribution in [0.4, 0.5) is 0 Å². The molecule has 140 valence electrons. The van der Waals surface area contributed by atoms with Crippen molar-refractivity contribution in [2.24, 2.45) is 0 Å². The quantitative estimate of drug-likeness (QED) is 0.751. The molecule has 0 spiro atoms. The van der Waals surface area contributed by atoms with Crippen LogP contribution in [0, 0.1) is 6.92 Å². The highest BCUT2D eigenvalue weighted by molar-refractivity contribution is 7.89. The average molecular weight is 377 g/mol. The molecule has 0 radical (unpaired) electrons. The lowest BCUT2D eigenvalue weighted by atomic mass is 10.2. The topological polar surface area (TPSA) is 88.6 Å². The first-order chi connectivity index (χ1) is 12.3. The normalized spacial score (nSPS) is 11.2. The Hall–Kier alpha value is -2.45. The number of nitrogens with one attached hydrogen (secondary N) is 1. The van der Waals surface area contributed by atoms with Crippen LogP contribution < -0.4 is 9.46 Å². The number of carbonyl (C=O) groups excluding carboxylic acids is 1. The Kier molecular flexibility index (Phi) is 6.70.